The van der Waals surface area contributed by atoms with Gasteiger partial charge in [-0.05, 0) is 49.4 Å². The molecule has 0 N–H and O–H groups in total. The Kier molecular flexibility index (Phi) is 9.64. The first-order chi connectivity index (χ1) is 11.7. The fraction of sp³-hybridized carbons (Fsp3) is 0.739. The maximum absolute atomic E-state index is 13.3. The molecule has 0 bridgehead atoms. The van der Waals surface area contributed by atoms with Crippen LogP contribution in [0.1, 0.15) is 95.5 Å². The zero-order valence-electron chi connectivity index (χ0n) is 16.0. The van der Waals surface area contributed by atoms with Crippen molar-refractivity contribution in [1.82, 2.24) is 0 Å². The number of benzene rings is 1. The van der Waals surface area contributed by atoms with Crippen LogP contribution in [-0.4, -0.2) is 0 Å². The van der Waals surface area contributed by atoms with E-state index in [4.69, 9.17) is 0 Å². The summed E-state index contributed by atoms with van der Waals surface area (Å²) in [5.41, 5.74) is 1.19. The van der Waals surface area contributed by atoms with Gasteiger partial charge in [-0.3, -0.25) is 0 Å². The number of hydrogen-bond acceptors (Lipinski definition) is 0. The van der Waals surface area contributed by atoms with Crippen LogP contribution in [0.2, 0.25) is 0 Å². The van der Waals surface area contributed by atoms with Crippen LogP contribution in [0, 0.1) is 29.6 Å². The minimum absolute atomic E-state index is 0. The van der Waals surface area contributed by atoms with Gasteiger partial charge in [-0.25, -0.2) is 4.39 Å². The molecule has 2 saturated carbocycles. The maximum Gasteiger partial charge on any atom is 3.00 e. The molecule has 3 rings (SSSR count). The van der Waals surface area contributed by atoms with Crippen molar-refractivity contribution in [3.63, 3.8) is 0 Å². The normalized spacial score (nSPS) is 29.8. The van der Waals surface area contributed by atoms with Crippen LogP contribution in [-0.2, 0) is 32.7 Å². The summed E-state index contributed by atoms with van der Waals surface area (Å²) in [5, 5.41) is 0. The molecule has 2 aliphatic rings. The van der Waals surface area contributed by atoms with E-state index in [2.05, 4.69) is 19.1 Å². The molecular formula is C23H34FY+2. The molecule has 2 aliphatic carbocycles. The second-order valence-electron chi connectivity index (χ2n) is 8.60. The van der Waals surface area contributed by atoms with Crippen molar-refractivity contribution in [3.8, 4) is 0 Å². The van der Waals surface area contributed by atoms with Crippen LogP contribution >= 0.6 is 0 Å². The molecular weight excluding hydrogens is 384 g/mol. The molecule has 0 unspecified atom stereocenters. The zero-order chi connectivity index (χ0) is 16.8. The monoisotopic (exact) mass is 418 g/mol. The topological polar surface area (TPSA) is 0 Å². The van der Waals surface area contributed by atoms with E-state index in [1.54, 1.807) is 12.1 Å². The van der Waals surface area contributed by atoms with E-state index in [-0.39, 0.29) is 38.5 Å². The number of unbranched alkanes of at least 4 members (excludes halogenated alkanes) is 1. The van der Waals surface area contributed by atoms with Crippen LogP contribution in [0.4, 0.5) is 4.39 Å². The Balaban J connectivity index is 0.00000225. The van der Waals surface area contributed by atoms with Gasteiger partial charge in [0, 0.05) is 5.82 Å². The van der Waals surface area contributed by atoms with Gasteiger partial charge in [0.1, 0.15) is 0 Å². The minimum Gasteiger partial charge on any atom is -0.236 e. The summed E-state index contributed by atoms with van der Waals surface area (Å²) in [5.74, 6) is 3.31. The molecule has 0 radical (unpaired) electrons. The van der Waals surface area contributed by atoms with Gasteiger partial charge in [0.25, 0.3) is 0 Å². The van der Waals surface area contributed by atoms with Gasteiger partial charge in [0.15, 0.2) is 0 Å². The first kappa shape index (κ1) is 21.6. The molecule has 2 fully saturated rings. The molecule has 2 heteroatoms. The van der Waals surface area contributed by atoms with Crippen LogP contribution < -0.4 is 0 Å². The summed E-state index contributed by atoms with van der Waals surface area (Å²) >= 11 is 0. The Labute approximate surface area is 179 Å². The Morgan fingerprint density at radius 3 is 2.04 bits per heavy atom. The minimum atomic E-state index is -0.202. The molecule has 0 atom stereocenters. The fourth-order valence-electron chi connectivity index (χ4n) is 4.98. The molecule has 134 valence electrons. The van der Waals surface area contributed by atoms with Gasteiger partial charge in [-0.1, -0.05) is 58.3 Å². The van der Waals surface area contributed by atoms with Crippen LogP contribution in [0.5, 0.6) is 0 Å². The molecule has 0 saturated heterocycles. The van der Waals surface area contributed by atoms with E-state index < -0.39 is 0 Å². The Bertz CT molecular complexity index is 485. The standard InChI is InChI=1S/C23H34F.Y/c1-18-9-11-19(12-10-18)5-2-3-6-20-13-15-21(16-14-20)22-7-4-8-23(24)17-22;/h4,7,17-21H,2-3,5-6,9-16H2,1H3;/q-1;+3. The van der Waals surface area contributed by atoms with Crippen molar-refractivity contribution in [2.75, 3.05) is 0 Å². The number of rotatable bonds is 6. The number of hydrogen-bond donors (Lipinski definition) is 0. The quantitative estimate of drug-likeness (QED) is 0.336. The van der Waals surface area contributed by atoms with Gasteiger partial charge in [0.05, 0.1) is 0 Å². The Morgan fingerprint density at radius 2 is 1.48 bits per heavy atom. The first-order valence-corrected chi connectivity index (χ1v) is 10.4. The Hall–Kier alpha value is 0.254. The molecule has 0 aromatic heterocycles. The molecule has 1 aromatic carbocycles. The predicted molar refractivity (Wildman–Crippen MR) is 99.5 cm³/mol. The third-order valence-corrected chi connectivity index (χ3v) is 6.72. The third kappa shape index (κ3) is 7.06. The molecule has 25 heavy (non-hydrogen) atoms. The van der Waals surface area contributed by atoms with Gasteiger partial charge in [-0.15, -0.1) is 12.1 Å². The van der Waals surface area contributed by atoms with Crippen molar-refractivity contribution in [2.24, 2.45) is 17.8 Å². The average molecular weight is 418 g/mol. The first-order valence-electron chi connectivity index (χ1n) is 10.4. The van der Waals surface area contributed by atoms with Crippen molar-refractivity contribution < 1.29 is 37.1 Å². The van der Waals surface area contributed by atoms with Crippen LogP contribution in [0.3, 0.4) is 0 Å². The summed E-state index contributed by atoms with van der Waals surface area (Å²) in [7, 11) is 0. The van der Waals surface area contributed by atoms with Gasteiger partial charge in [0.2, 0.25) is 0 Å². The summed E-state index contributed by atoms with van der Waals surface area (Å²) in [6.07, 6.45) is 16.8. The summed E-state index contributed by atoms with van der Waals surface area (Å²) in [6, 6.07) is 8.10. The van der Waals surface area contributed by atoms with E-state index in [1.807, 2.05) is 0 Å². The molecule has 0 aliphatic heterocycles. The van der Waals surface area contributed by atoms with Crippen molar-refractivity contribution in [1.29, 1.82) is 0 Å². The Morgan fingerprint density at radius 1 is 0.920 bits per heavy atom. The maximum atomic E-state index is 13.3. The predicted octanol–water partition coefficient (Wildman–Crippen LogP) is 7.28. The van der Waals surface area contributed by atoms with Crippen LogP contribution in [0.25, 0.3) is 0 Å². The SMILES string of the molecule is CC1CCC(CCCCC2CCC(c3cc[c-]c(F)c3)CC2)CC1.[Y+3]. The molecule has 0 heterocycles. The summed E-state index contributed by atoms with van der Waals surface area (Å²) in [6.45, 7) is 2.41. The van der Waals surface area contributed by atoms with E-state index in [0.717, 1.165) is 17.8 Å². The third-order valence-electron chi connectivity index (χ3n) is 6.72. The average Bonchev–Trinajstić information content (AvgIpc) is 2.61. The molecule has 0 amide bonds. The molecule has 0 nitrogen and oxygen atoms in total. The molecule has 0 spiro atoms. The van der Waals surface area contributed by atoms with Gasteiger partial charge in [-0.2, -0.15) is 17.7 Å². The molecule has 1 aromatic rings. The van der Waals surface area contributed by atoms with Crippen molar-refractivity contribution >= 4 is 0 Å². The summed E-state index contributed by atoms with van der Waals surface area (Å²) < 4.78 is 13.3. The van der Waals surface area contributed by atoms with E-state index in [9.17, 15) is 4.39 Å². The van der Waals surface area contributed by atoms with Gasteiger partial charge < -0.3 is 0 Å². The second-order valence-corrected chi connectivity index (χ2v) is 8.60. The smallest absolute Gasteiger partial charge is 0.236 e. The van der Waals surface area contributed by atoms with E-state index in [0.29, 0.717) is 5.92 Å². The van der Waals surface area contributed by atoms with Crippen LogP contribution in [0.15, 0.2) is 18.2 Å². The summed E-state index contributed by atoms with van der Waals surface area (Å²) in [4.78, 5) is 0. The fourth-order valence-corrected chi connectivity index (χ4v) is 4.98. The van der Waals surface area contributed by atoms with Gasteiger partial charge >= 0.3 is 32.7 Å². The number of halogens is 1. The largest absolute Gasteiger partial charge is 3.00 e. The van der Waals surface area contributed by atoms with E-state index in [1.165, 1.54) is 82.6 Å². The van der Waals surface area contributed by atoms with E-state index >= 15 is 0 Å². The zero-order valence-corrected chi connectivity index (χ0v) is 18.8. The second kappa shape index (κ2) is 11.2. The van der Waals surface area contributed by atoms with Crippen molar-refractivity contribution in [2.45, 2.75) is 89.9 Å². The van der Waals surface area contributed by atoms with Crippen molar-refractivity contribution in [3.05, 3.63) is 35.6 Å².